The normalized spacial score (nSPS) is 19.1. The first-order chi connectivity index (χ1) is 7.91. The average Bonchev–Trinajstić information content (AvgIpc) is 2.18. The molecule has 0 saturated heterocycles. The standard InChI is InChI=1S/C14H31N3/c1-13(2)12-17(11-10-16(3)4)9-8-14(15)6-5-7-14/h13H,5-12,15H2,1-4H3. The van der Waals surface area contributed by atoms with Gasteiger partial charge < -0.3 is 15.5 Å². The highest BCUT2D eigenvalue weighted by Gasteiger charge is 2.32. The summed E-state index contributed by atoms with van der Waals surface area (Å²) in [6.45, 7) is 9.27. The van der Waals surface area contributed by atoms with Crippen molar-refractivity contribution in [2.75, 3.05) is 40.3 Å². The van der Waals surface area contributed by atoms with E-state index in [-0.39, 0.29) is 5.54 Å². The molecule has 1 aliphatic carbocycles. The summed E-state index contributed by atoms with van der Waals surface area (Å²) in [5.41, 5.74) is 6.47. The van der Waals surface area contributed by atoms with Crippen LogP contribution < -0.4 is 5.73 Å². The van der Waals surface area contributed by atoms with E-state index in [1.165, 1.54) is 45.3 Å². The zero-order valence-electron chi connectivity index (χ0n) is 12.2. The highest BCUT2D eigenvalue weighted by Crippen LogP contribution is 2.32. The smallest absolute Gasteiger partial charge is 0.0166 e. The summed E-state index contributed by atoms with van der Waals surface area (Å²) in [7, 11) is 4.29. The molecule has 0 heterocycles. The molecule has 0 atom stereocenters. The summed E-state index contributed by atoms with van der Waals surface area (Å²) in [4.78, 5) is 4.84. The highest BCUT2D eigenvalue weighted by atomic mass is 15.2. The summed E-state index contributed by atoms with van der Waals surface area (Å²) in [5.74, 6) is 0.743. The first kappa shape index (κ1) is 14.9. The quantitative estimate of drug-likeness (QED) is 0.703. The van der Waals surface area contributed by atoms with Crippen LogP contribution in [0.2, 0.25) is 0 Å². The predicted octanol–water partition coefficient (Wildman–Crippen LogP) is 1.78. The molecule has 0 aliphatic heterocycles. The fraction of sp³-hybridized carbons (Fsp3) is 1.00. The zero-order chi connectivity index (χ0) is 12.9. The van der Waals surface area contributed by atoms with E-state index in [0.717, 1.165) is 12.5 Å². The SMILES string of the molecule is CC(C)CN(CCN(C)C)CCC1(N)CCC1. The second kappa shape index (κ2) is 6.72. The van der Waals surface area contributed by atoms with Crippen LogP contribution in [0.25, 0.3) is 0 Å². The lowest BCUT2D eigenvalue weighted by atomic mass is 9.75. The minimum atomic E-state index is 0.174. The Morgan fingerprint density at radius 2 is 1.76 bits per heavy atom. The van der Waals surface area contributed by atoms with E-state index in [2.05, 4.69) is 37.7 Å². The van der Waals surface area contributed by atoms with E-state index in [4.69, 9.17) is 5.73 Å². The maximum Gasteiger partial charge on any atom is 0.0166 e. The Labute approximate surface area is 107 Å². The lowest BCUT2D eigenvalue weighted by Gasteiger charge is -2.40. The Kier molecular flexibility index (Phi) is 5.90. The lowest BCUT2D eigenvalue weighted by molar-refractivity contribution is 0.163. The molecule has 1 rings (SSSR count). The molecular weight excluding hydrogens is 210 g/mol. The molecule has 0 radical (unpaired) electrons. The molecule has 0 aromatic heterocycles. The summed E-state index contributed by atoms with van der Waals surface area (Å²) in [6.07, 6.45) is 4.97. The van der Waals surface area contributed by atoms with Crippen LogP contribution in [0.15, 0.2) is 0 Å². The van der Waals surface area contributed by atoms with E-state index in [1.54, 1.807) is 0 Å². The number of nitrogens with two attached hydrogens (primary N) is 1. The molecule has 0 unspecified atom stereocenters. The fourth-order valence-corrected chi connectivity index (χ4v) is 2.41. The summed E-state index contributed by atoms with van der Waals surface area (Å²) < 4.78 is 0. The van der Waals surface area contributed by atoms with Crippen molar-refractivity contribution in [1.29, 1.82) is 0 Å². The number of likely N-dealkylation sites (N-methyl/N-ethyl adjacent to an activating group) is 1. The first-order valence-electron chi connectivity index (χ1n) is 7.07. The molecule has 0 amide bonds. The van der Waals surface area contributed by atoms with Gasteiger partial charge in [-0.2, -0.15) is 0 Å². The van der Waals surface area contributed by atoms with Gasteiger partial charge in [0.2, 0.25) is 0 Å². The third kappa shape index (κ3) is 5.84. The van der Waals surface area contributed by atoms with Gasteiger partial charge in [0.05, 0.1) is 0 Å². The van der Waals surface area contributed by atoms with Crippen molar-refractivity contribution in [1.82, 2.24) is 9.80 Å². The van der Waals surface area contributed by atoms with Gasteiger partial charge in [0, 0.05) is 25.2 Å². The van der Waals surface area contributed by atoms with Gasteiger partial charge in [0.1, 0.15) is 0 Å². The van der Waals surface area contributed by atoms with Crippen LogP contribution in [0.4, 0.5) is 0 Å². The Morgan fingerprint density at radius 3 is 2.18 bits per heavy atom. The van der Waals surface area contributed by atoms with Crippen molar-refractivity contribution in [3.05, 3.63) is 0 Å². The maximum atomic E-state index is 6.30. The molecule has 2 N–H and O–H groups in total. The molecule has 0 bridgehead atoms. The Balaban J connectivity index is 2.28. The molecule has 102 valence electrons. The van der Waals surface area contributed by atoms with Crippen molar-refractivity contribution in [2.45, 2.75) is 45.1 Å². The molecule has 0 aromatic carbocycles. The van der Waals surface area contributed by atoms with Crippen LogP contribution in [0.3, 0.4) is 0 Å². The van der Waals surface area contributed by atoms with Gasteiger partial charge >= 0.3 is 0 Å². The monoisotopic (exact) mass is 241 g/mol. The van der Waals surface area contributed by atoms with Crippen LogP contribution in [0.1, 0.15) is 39.5 Å². The van der Waals surface area contributed by atoms with Gasteiger partial charge in [0.15, 0.2) is 0 Å². The Bertz CT molecular complexity index is 210. The van der Waals surface area contributed by atoms with Gasteiger partial charge in [-0.1, -0.05) is 13.8 Å². The second-order valence-corrected chi connectivity index (χ2v) is 6.46. The lowest BCUT2D eigenvalue weighted by Crippen LogP contribution is -2.49. The van der Waals surface area contributed by atoms with Crippen molar-refractivity contribution in [2.24, 2.45) is 11.7 Å². The average molecular weight is 241 g/mol. The molecule has 3 heteroatoms. The van der Waals surface area contributed by atoms with Crippen molar-refractivity contribution in [3.8, 4) is 0 Å². The first-order valence-corrected chi connectivity index (χ1v) is 7.07. The van der Waals surface area contributed by atoms with Crippen molar-refractivity contribution >= 4 is 0 Å². The molecule has 1 aliphatic rings. The minimum absolute atomic E-state index is 0.174. The maximum absolute atomic E-state index is 6.30. The Hall–Kier alpha value is -0.120. The van der Waals surface area contributed by atoms with Gasteiger partial charge in [-0.05, 0) is 52.2 Å². The van der Waals surface area contributed by atoms with E-state index < -0.39 is 0 Å². The van der Waals surface area contributed by atoms with E-state index in [1.807, 2.05) is 0 Å². The van der Waals surface area contributed by atoms with Gasteiger partial charge in [0.25, 0.3) is 0 Å². The molecule has 1 fully saturated rings. The van der Waals surface area contributed by atoms with Crippen molar-refractivity contribution in [3.63, 3.8) is 0 Å². The molecule has 17 heavy (non-hydrogen) atoms. The predicted molar refractivity (Wildman–Crippen MR) is 75.2 cm³/mol. The molecule has 3 nitrogen and oxygen atoms in total. The van der Waals surface area contributed by atoms with E-state index >= 15 is 0 Å². The fourth-order valence-electron chi connectivity index (χ4n) is 2.41. The summed E-state index contributed by atoms with van der Waals surface area (Å²) >= 11 is 0. The van der Waals surface area contributed by atoms with E-state index in [0.29, 0.717) is 0 Å². The van der Waals surface area contributed by atoms with Gasteiger partial charge in [-0.25, -0.2) is 0 Å². The number of hydrogen-bond acceptors (Lipinski definition) is 3. The van der Waals surface area contributed by atoms with Gasteiger partial charge in [-0.3, -0.25) is 0 Å². The number of hydrogen-bond donors (Lipinski definition) is 1. The third-order valence-corrected chi connectivity index (χ3v) is 3.76. The highest BCUT2D eigenvalue weighted by molar-refractivity contribution is 4.93. The second-order valence-electron chi connectivity index (χ2n) is 6.46. The zero-order valence-corrected chi connectivity index (χ0v) is 12.2. The van der Waals surface area contributed by atoms with Crippen molar-refractivity contribution < 1.29 is 0 Å². The summed E-state index contributed by atoms with van der Waals surface area (Å²) in [6, 6.07) is 0. The number of rotatable bonds is 8. The van der Waals surface area contributed by atoms with Crippen LogP contribution >= 0.6 is 0 Å². The minimum Gasteiger partial charge on any atom is -0.325 e. The molecule has 1 saturated carbocycles. The third-order valence-electron chi connectivity index (χ3n) is 3.76. The van der Waals surface area contributed by atoms with E-state index in [9.17, 15) is 0 Å². The molecular formula is C14H31N3. The molecule has 0 spiro atoms. The number of nitrogens with zero attached hydrogens (tertiary/aromatic N) is 2. The summed E-state index contributed by atoms with van der Waals surface area (Å²) in [5, 5.41) is 0. The topological polar surface area (TPSA) is 32.5 Å². The van der Waals surface area contributed by atoms with Crippen LogP contribution in [-0.2, 0) is 0 Å². The van der Waals surface area contributed by atoms with Crippen LogP contribution in [0, 0.1) is 5.92 Å². The Morgan fingerprint density at radius 1 is 1.12 bits per heavy atom. The molecule has 0 aromatic rings. The largest absolute Gasteiger partial charge is 0.325 e. The van der Waals surface area contributed by atoms with Crippen LogP contribution in [-0.4, -0.2) is 55.6 Å². The van der Waals surface area contributed by atoms with Crippen LogP contribution in [0.5, 0.6) is 0 Å². The van der Waals surface area contributed by atoms with Gasteiger partial charge in [-0.15, -0.1) is 0 Å².